The van der Waals surface area contributed by atoms with Crippen LogP contribution < -0.4 is 5.32 Å². The molecular formula is C16H21NO5S. The molecule has 1 heterocycles. The molecule has 6 nitrogen and oxygen atoms in total. The van der Waals surface area contributed by atoms with Gasteiger partial charge in [-0.1, -0.05) is 6.07 Å². The van der Waals surface area contributed by atoms with Gasteiger partial charge in [-0.3, -0.25) is 18.7 Å². The van der Waals surface area contributed by atoms with Crippen molar-refractivity contribution in [2.45, 2.75) is 37.7 Å². The Kier molecular flexibility index (Phi) is 4.84. The largest absolute Gasteiger partial charge is 0.460 e. The van der Waals surface area contributed by atoms with Gasteiger partial charge in [0.05, 0.1) is 11.3 Å². The number of rotatable bonds is 4. The van der Waals surface area contributed by atoms with Gasteiger partial charge < -0.3 is 10.1 Å². The third-order valence-electron chi connectivity index (χ3n) is 3.09. The molecule has 23 heavy (non-hydrogen) atoms. The summed E-state index contributed by atoms with van der Waals surface area (Å²) in [5, 5.41) is 3.95. The molecule has 1 amide bonds. The minimum absolute atomic E-state index is 0.0725. The van der Waals surface area contributed by atoms with Gasteiger partial charge in [0.2, 0.25) is 0 Å². The number of carbonyl (C=O) groups excluding carboxylic acids is 2. The van der Waals surface area contributed by atoms with Crippen molar-refractivity contribution >= 4 is 28.5 Å². The van der Waals surface area contributed by atoms with Crippen LogP contribution in [-0.2, 0) is 9.53 Å². The second-order valence-corrected chi connectivity index (χ2v) is 8.10. The molecule has 1 aliphatic rings. The van der Waals surface area contributed by atoms with Crippen molar-refractivity contribution in [1.82, 2.24) is 5.32 Å². The molecule has 3 N–H and O–H groups in total. The standard InChI is InChI=1S/C16H21NO5S/c1-16(2,3)22-14(18)7-9-17-15(19)12-5-4-6-13-11(12)8-10-23(13,20)21/h4-6,8,10,20-21H,7,9H2,1-3H3,(H,17,19). The van der Waals surface area contributed by atoms with Gasteiger partial charge in [0.1, 0.15) is 5.60 Å². The number of carbonyl (C=O) groups is 2. The molecule has 0 spiro atoms. The summed E-state index contributed by atoms with van der Waals surface area (Å²) in [6.07, 6.45) is 1.61. The summed E-state index contributed by atoms with van der Waals surface area (Å²) < 4.78 is 24.9. The van der Waals surface area contributed by atoms with E-state index in [1.54, 1.807) is 39.0 Å². The van der Waals surface area contributed by atoms with E-state index in [0.29, 0.717) is 16.0 Å². The molecule has 0 radical (unpaired) electrons. The average molecular weight is 339 g/mol. The Morgan fingerprint density at radius 3 is 2.61 bits per heavy atom. The van der Waals surface area contributed by atoms with E-state index in [2.05, 4.69) is 5.32 Å². The average Bonchev–Trinajstić information content (AvgIpc) is 2.72. The molecule has 0 saturated carbocycles. The van der Waals surface area contributed by atoms with E-state index in [1.807, 2.05) is 0 Å². The van der Waals surface area contributed by atoms with Gasteiger partial charge in [-0.25, -0.2) is 0 Å². The Balaban J connectivity index is 1.97. The summed E-state index contributed by atoms with van der Waals surface area (Å²) in [6.45, 7) is 5.49. The highest BCUT2D eigenvalue weighted by atomic mass is 32.3. The maximum absolute atomic E-state index is 12.2. The van der Waals surface area contributed by atoms with E-state index in [-0.39, 0.29) is 24.8 Å². The highest BCUT2D eigenvalue weighted by Gasteiger charge is 2.25. The SMILES string of the molecule is CC(C)(C)OC(=O)CCNC(=O)c1cccc2c1C=CS2(O)O. The van der Waals surface area contributed by atoms with E-state index in [1.165, 1.54) is 11.5 Å². The lowest BCUT2D eigenvalue weighted by Crippen LogP contribution is -2.30. The topological polar surface area (TPSA) is 95.9 Å². The summed E-state index contributed by atoms with van der Waals surface area (Å²) in [4.78, 5) is 24.2. The van der Waals surface area contributed by atoms with Crippen molar-refractivity contribution in [3.05, 3.63) is 34.7 Å². The lowest BCUT2D eigenvalue weighted by atomic mass is 10.1. The van der Waals surface area contributed by atoms with Crippen molar-refractivity contribution in [1.29, 1.82) is 0 Å². The van der Waals surface area contributed by atoms with Gasteiger partial charge in [0.15, 0.2) is 0 Å². The minimum Gasteiger partial charge on any atom is -0.460 e. The third-order valence-corrected chi connectivity index (χ3v) is 4.61. The molecule has 0 saturated heterocycles. The molecule has 0 unspecified atom stereocenters. The summed E-state index contributed by atoms with van der Waals surface area (Å²) in [7, 11) is -2.95. The van der Waals surface area contributed by atoms with Crippen molar-refractivity contribution in [2.24, 2.45) is 0 Å². The van der Waals surface area contributed by atoms with Crippen LogP contribution >= 0.6 is 10.6 Å². The normalized spacial score (nSPS) is 16.6. The molecule has 0 aromatic heterocycles. The fraction of sp³-hybridized carbons (Fsp3) is 0.375. The fourth-order valence-electron chi connectivity index (χ4n) is 2.18. The first kappa shape index (κ1) is 17.5. The molecule has 0 bridgehead atoms. The number of benzene rings is 1. The van der Waals surface area contributed by atoms with Gasteiger partial charge in [-0.2, -0.15) is 0 Å². The van der Waals surface area contributed by atoms with E-state index in [9.17, 15) is 18.7 Å². The molecular weight excluding hydrogens is 318 g/mol. The Bertz CT molecular complexity index is 661. The lowest BCUT2D eigenvalue weighted by molar-refractivity contribution is -0.154. The Morgan fingerprint density at radius 2 is 1.96 bits per heavy atom. The van der Waals surface area contributed by atoms with E-state index in [0.717, 1.165) is 0 Å². The molecule has 1 aromatic carbocycles. The predicted molar refractivity (Wildman–Crippen MR) is 89.4 cm³/mol. The van der Waals surface area contributed by atoms with Crippen LogP contribution in [0.25, 0.3) is 6.08 Å². The highest BCUT2D eigenvalue weighted by Crippen LogP contribution is 2.56. The quantitative estimate of drug-likeness (QED) is 0.732. The summed E-state index contributed by atoms with van der Waals surface area (Å²) in [6, 6.07) is 4.79. The summed E-state index contributed by atoms with van der Waals surface area (Å²) in [5.41, 5.74) is 0.295. The van der Waals surface area contributed by atoms with Crippen LogP contribution in [0.15, 0.2) is 28.5 Å². The van der Waals surface area contributed by atoms with Crippen molar-refractivity contribution < 1.29 is 23.4 Å². The number of hydrogen-bond acceptors (Lipinski definition) is 5. The van der Waals surface area contributed by atoms with E-state index < -0.39 is 16.2 Å². The van der Waals surface area contributed by atoms with Crippen LogP contribution in [-0.4, -0.2) is 33.1 Å². The Labute approximate surface area is 136 Å². The van der Waals surface area contributed by atoms with Crippen LogP contribution in [0.3, 0.4) is 0 Å². The van der Waals surface area contributed by atoms with Crippen molar-refractivity contribution in [3.63, 3.8) is 0 Å². The van der Waals surface area contributed by atoms with E-state index >= 15 is 0 Å². The molecule has 0 fully saturated rings. The van der Waals surface area contributed by atoms with E-state index in [4.69, 9.17) is 4.74 Å². The summed E-state index contributed by atoms with van der Waals surface area (Å²) >= 11 is 0. The minimum atomic E-state index is -2.95. The number of amides is 1. The zero-order chi connectivity index (χ0) is 17.3. The number of fused-ring (bicyclic) bond motifs is 1. The molecule has 126 valence electrons. The molecule has 0 atom stereocenters. The maximum atomic E-state index is 12.2. The van der Waals surface area contributed by atoms with Crippen LogP contribution in [0.4, 0.5) is 0 Å². The molecule has 2 rings (SSSR count). The number of nitrogens with one attached hydrogen (secondary N) is 1. The van der Waals surface area contributed by atoms with Gasteiger partial charge in [-0.05, 0) is 39.0 Å². The molecule has 1 aromatic rings. The molecule has 0 aliphatic carbocycles. The highest BCUT2D eigenvalue weighted by molar-refractivity contribution is 8.27. The summed E-state index contributed by atoms with van der Waals surface area (Å²) in [5.74, 6) is -0.752. The van der Waals surface area contributed by atoms with Gasteiger partial charge in [-0.15, -0.1) is 10.6 Å². The number of esters is 1. The zero-order valence-corrected chi connectivity index (χ0v) is 14.1. The molecule has 1 aliphatic heterocycles. The van der Waals surface area contributed by atoms with Crippen LogP contribution in [0.2, 0.25) is 0 Å². The monoisotopic (exact) mass is 339 g/mol. The smallest absolute Gasteiger partial charge is 0.308 e. The Hall–Kier alpha value is -1.83. The fourth-order valence-corrected chi connectivity index (χ4v) is 3.43. The van der Waals surface area contributed by atoms with Crippen LogP contribution in [0, 0.1) is 0 Å². The van der Waals surface area contributed by atoms with Crippen molar-refractivity contribution in [2.75, 3.05) is 6.54 Å². The van der Waals surface area contributed by atoms with Gasteiger partial charge in [0.25, 0.3) is 5.91 Å². The second kappa shape index (κ2) is 6.35. The third kappa shape index (κ3) is 4.34. The van der Waals surface area contributed by atoms with Gasteiger partial charge >= 0.3 is 5.97 Å². The Morgan fingerprint density at radius 1 is 1.26 bits per heavy atom. The zero-order valence-electron chi connectivity index (χ0n) is 13.3. The second-order valence-electron chi connectivity index (χ2n) is 6.21. The van der Waals surface area contributed by atoms with Crippen LogP contribution in [0.1, 0.15) is 43.1 Å². The van der Waals surface area contributed by atoms with Crippen LogP contribution in [0.5, 0.6) is 0 Å². The first-order valence-corrected chi connectivity index (χ1v) is 8.80. The first-order valence-electron chi connectivity index (χ1n) is 7.19. The number of ether oxygens (including phenoxy) is 1. The maximum Gasteiger partial charge on any atom is 0.308 e. The lowest BCUT2D eigenvalue weighted by Gasteiger charge is -2.25. The van der Waals surface area contributed by atoms with Gasteiger partial charge in [0, 0.05) is 23.1 Å². The number of hydrogen-bond donors (Lipinski definition) is 3. The predicted octanol–water partition coefficient (Wildman–Crippen LogP) is 3.24. The first-order chi connectivity index (χ1) is 10.6. The van der Waals surface area contributed by atoms with Crippen molar-refractivity contribution in [3.8, 4) is 0 Å². The molecule has 7 heteroatoms.